The molecule has 1 atom stereocenters. The van der Waals surface area contributed by atoms with Crippen molar-refractivity contribution in [3.8, 4) is 11.5 Å². The lowest BCUT2D eigenvalue weighted by atomic mass is 10.3. The summed E-state index contributed by atoms with van der Waals surface area (Å²) in [6.07, 6.45) is 1.83. The molecule has 1 unspecified atom stereocenters. The van der Waals surface area contributed by atoms with E-state index in [0.717, 1.165) is 12.2 Å². The monoisotopic (exact) mass is 206 g/mol. The van der Waals surface area contributed by atoms with Crippen LogP contribution in [0.15, 0.2) is 22.9 Å². The summed E-state index contributed by atoms with van der Waals surface area (Å²) in [5.41, 5.74) is 0.869. The molecule has 2 N–H and O–H groups in total. The molecule has 0 aliphatic carbocycles. The Morgan fingerprint density at radius 1 is 1.60 bits per heavy atom. The number of aromatic amines is 1. The Labute approximate surface area is 87.9 Å². The Kier molecular flexibility index (Phi) is 2.82. The molecule has 5 nitrogen and oxygen atoms in total. The molecule has 0 saturated carbocycles. The van der Waals surface area contributed by atoms with Gasteiger partial charge in [0, 0.05) is 6.20 Å². The summed E-state index contributed by atoms with van der Waals surface area (Å²) in [7, 11) is 0. The van der Waals surface area contributed by atoms with Crippen molar-refractivity contribution in [3.63, 3.8) is 0 Å². The molecule has 0 aromatic carbocycles. The third kappa shape index (κ3) is 2.07. The number of hydrogen-bond donors (Lipinski definition) is 2. The molecule has 2 aromatic heterocycles. The van der Waals surface area contributed by atoms with Gasteiger partial charge in [0.2, 0.25) is 11.7 Å². The maximum atomic E-state index is 5.16. The van der Waals surface area contributed by atoms with Gasteiger partial charge in [0.25, 0.3) is 0 Å². The van der Waals surface area contributed by atoms with Gasteiger partial charge in [-0.05, 0) is 25.6 Å². The number of aromatic nitrogens is 3. The van der Waals surface area contributed by atoms with E-state index in [2.05, 4.69) is 20.4 Å². The minimum Gasteiger partial charge on any atom is -0.359 e. The van der Waals surface area contributed by atoms with Gasteiger partial charge in [0.1, 0.15) is 0 Å². The molecular weight excluding hydrogens is 192 g/mol. The fourth-order valence-electron chi connectivity index (χ4n) is 1.38. The van der Waals surface area contributed by atoms with Gasteiger partial charge in [-0.3, -0.25) is 0 Å². The minimum atomic E-state index is 0.0891. The van der Waals surface area contributed by atoms with Crippen LogP contribution < -0.4 is 5.32 Å². The van der Waals surface area contributed by atoms with Gasteiger partial charge in [0.05, 0.1) is 11.7 Å². The molecule has 0 amide bonds. The van der Waals surface area contributed by atoms with Crippen molar-refractivity contribution >= 4 is 0 Å². The van der Waals surface area contributed by atoms with E-state index in [-0.39, 0.29) is 6.04 Å². The van der Waals surface area contributed by atoms with Crippen LogP contribution in [-0.2, 0) is 0 Å². The van der Waals surface area contributed by atoms with Gasteiger partial charge >= 0.3 is 0 Å². The summed E-state index contributed by atoms with van der Waals surface area (Å²) in [6.45, 7) is 4.91. The number of hydrogen-bond acceptors (Lipinski definition) is 4. The Morgan fingerprint density at radius 3 is 3.13 bits per heavy atom. The number of nitrogens with one attached hydrogen (secondary N) is 2. The first-order valence-corrected chi connectivity index (χ1v) is 5.02. The average Bonchev–Trinajstić information content (AvgIpc) is 2.89. The van der Waals surface area contributed by atoms with E-state index in [4.69, 9.17) is 4.52 Å². The first-order valence-electron chi connectivity index (χ1n) is 5.02. The number of nitrogens with zero attached hydrogens (tertiary/aromatic N) is 2. The lowest BCUT2D eigenvalue weighted by Gasteiger charge is -2.04. The summed E-state index contributed by atoms with van der Waals surface area (Å²) in [5, 5.41) is 7.12. The van der Waals surface area contributed by atoms with Crippen LogP contribution in [0.4, 0.5) is 0 Å². The third-order valence-corrected chi connectivity index (χ3v) is 2.16. The van der Waals surface area contributed by atoms with Crippen molar-refractivity contribution < 1.29 is 4.52 Å². The lowest BCUT2D eigenvalue weighted by Crippen LogP contribution is -2.17. The molecule has 2 rings (SSSR count). The number of H-pyrrole nitrogens is 1. The van der Waals surface area contributed by atoms with Crippen molar-refractivity contribution in [1.82, 2.24) is 20.4 Å². The Morgan fingerprint density at radius 2 is 2.47 bits per heavy atom. The van der Waals surface area contributed by atoms with Crippen LogP contribution >= 0.6 is 0 Å². The molecule has 0 radical (unpaired) electrons. The Balaban J connectivity index is 2.17. The van der Waals surface area contributed by atoms with Crippen LogP contribution in [0.1, 0.15) is 25.8 Å². The summed E-state index contributed by atoms with van der Waals surface area (Å²) < 4.78 is 5.16. The van der Waals surface area contributed by atoms with Crippen molar-refractivity contribution in [3.05, 3.63) is 24.2 Å². The SMILES string of the molecule is CCNC(C)c1nc(-c2ccc[nH]2)no1. The van der Waals surface area contributed by atoms with Crippen LogP contribution in [0.5, 0.6) is 0 Å². The highest BCUT2D eigenvalue weighted by atomic mass is 16.5. The second-order valence-corrected chi connectivity index (χ2v) is 3.32. The standard InChI is InChI=1S/C10H14N4O/c1-3-11-7(2)10-13-9(14-15-10)8-5-4-6-12-8/h4-7,11-12H,3H2,1-2H3. The van der Waals surface area contributed by atoms with E-state index in [0.29, 0.717) is 11.7 Å². The van der Waals surface area contributed by atoms with Gasteiger partial charge in [-0.25, -0.2) is 0 Å². The van der Waals surface area contributed by atoms with Gasteiger partial charge in [-0.15, -0.1) is 0 Å². The van der Waals surface area contributed by atoms with Gasteiger partial charge in [-0.1, -0.05) is 12.1 Å². The van der Waals surface area contributed by atoms with Crippen molar-refractivity contribution in [2.24, 2.45) is 0 Å². The molecule has 0 bridgehead atoms. The van der Waals surface area contributed by atoms with Gasteiger partial charge in [-0.2, -0.15) is 4.98 Å². The van der Waals surface area contributed by atoms with E-state index in [1.807, 2.05) is 32.2 Å². The summed E-state index contributed by atoms with van der Waals surface area (Å²) in [4.78, 5) is 7.33. The van der Waals surface area contributed by atoms with E-state index >= 15 is 0 Å². The average molecular weight is 206 g/mol. The van der Waals surface area contributed by atoms with Crippen LogP contribution in [0, 0.1) is 0 Å². The summed E-state index contributed by atoms with van der Waals surface area (Å²) in [5.74, 6) is 1.21. The zero-order chi connectivity index (χ0) is 10.7. The van der Waals surface area contributed by atoms with Gasteiger partial charge < -0.3 is 14.8 Å². The highest BCUT2D eigenvalue weighted by Crippen LogP contribution is 2.16. The zero-order valence-electron chi connectivity index (χ0n) is 8.82. The molecule has 80 valence electrons. The van der Waals surface area contributed by atoms with Crippen LogP contribution in [0.25, 0.3) is 11.5 Å². The van der Waals surface area contributed by atoms with Crippen molar-refractivity contribution in [2.75, 3.05) is 6.54 Å². The van der Waals surface area contributed by atoms with Crippen LogP contribution in [0.3, 0.4) is 0 Å². The summed E-state index contributed by atoms with van der Waals surface area (Å²) in [6, 6.07) is 3.90. The zero-order valence-corrected chi connectivity index (χ0v) is 8.82. The molecular formula is C10H14N4O. The van der Waals surface area contributed by atoms with Gasteiger partial charge in [0.15, 0.2) is 0 Å². The molecule has 0 saturated heterocycles. The molecule has 2 heterocycles. The Hall–Kier alpha value is -1.62. The highest BCUT2D eigenvalue weighted by molar-refractivity contribution is 5.47. The maximum Gasteiger partial charge on any atom is 0.243 e. The van der Waals surface area contributed by atoms with Crippen molar-refractivity contribution in [1.29, 1.82) is 0 Å². The molecule has 0 fully saturated rings. The second-order valence-electron chi connectivity index (χ2n) is 3.32. The summed E-state index contributed by atoms with van der Waals surface area (Å²) >= 11 is 0. The van der Waals surface area contributed by atoms with E-state index in [9.17, 15) is 0 Å². The van der Waals surface area contributed by atoms with E-state index in [1.165, 1.54) is 0 Å². The molecule has 0 aliphatic heterocycles. The maximum absolute atomic E-state index is 5.16. The molecule has 0 aliphatic rings. The minimum absolute atomic E-state index is 0.0891. The fraction of sp³-hybridized carbons (Fsp3) is 0.400. The molecule has 0 spiro atoms. The molecule has 5 heteroatoms. The van der Waals surface area contributed by atoms with Crippen molar-refractivity contribution in [2.45, 2.75) is 19.9 Å². The lowest BCUT2D eigenvalue weighted by molar-refractivity contribution is 0.342. The largest absolute Gasteiger partial charge is 0.359 e. The Bertz CT molecular complexity index is 407. The molecule has 15 heavy (non-hydrogen) atoms. The van der Waals surface area contributed by atoms with E-state index in [1.54, 1.807) is 0 Å². The first-order chi connectivity index (χ1) is 7.31. The second kappa shape index (κ2) is 4.27. The fourth-order valence-corrected chi connectivity index (χ4v) is 1.38. The predicted molar refractivity (Wildman–Crippen MR) is 56.2 cm³/mol. The normalized spacial score (nSPS) is 12.9. The number of rotatable bonds is 4. The molecule has 2 aromatic rings. The quantitative estimate of drug-likeness (QED) is 0.799. The predicted octanol–water partition coefficient (Wildman–Crippen LogP) is 1.74. The highest BCUT2D eigenvalue weighted by Gasteiger charge is 2.14. The third-order valence-electron chi connectivity index (χ3n) is 2.16. The first kappa shape index (κ1) is 9.92. The topological polar surface area (TPSA) is 66.7 Å². The van der Waals surface area contributed by atoms with Crippen LogP contribution in [-0.4, -0.2) is 21.7 Å². The van der Waals surface area contributed by atoms with E-state index < -0.39 is 0 Å². The smallest absolute Gasteiger partial charge is 0.243 e. The van der Waals surface area contributed by atoms with Crippen LogP contribution in [0.2, 0.25) is 0 Å².